The molecule has 0 bridgehead atoms. The minimum absolute atomic E-state index is 0.119. The standard InChI is InChI=1S/C22H24N6O8S3/c1-35-13-6-10(5-12(7-13)27-39(3,33)34)4-11-8-37-20-16(19(30)28(20)17(11)21(31)32)25-18(29)15(26-36-2)14-9-38-22(23)24-14/h5-7,9,16,20,27H,4,8H2,1-3H3,(H2,23,24)(H,25,29)(H,31,32)/t16-,20-/m1/s1. The number of hydrogen-bond acceptors (Lipinski definition) is 12. The number of aliphatic carboxylic acids is 1. The van der Waals surface area contributed by atoms with Gasteiger partial charge in [0.2, 0.25) is 10.0 Å². The van der Waals surface area contributed by atoms with Gasteiger partial charge < -0.3 is 25.7 Å². The molecule has 0 spiro atoms. The van der Waals surface area contributed by atoms with Crippen molar-refractivity contribution in [1.29, 1.82) is 0 Å². The van der Waals surface area contributed by atoms with Crippen molar-refractivity contribution in [3.8, 4) is 5.75 Å². The number of aromatic nitrogens is 1. The number of benzene rings is 1. The van der Waals surface area contributed by atoms with Gasteiger partial charge in [0, 0.05) is 17.2 Å². The van der Waals surface area contributed by atoms with Gasteiger partial charge in [0.15, 0.2) is 10.8 Å². The molecule has 1 saturated heterocycles. The molecule has 1 aromatic carbocycles. The number of nitrogen functional groups attached to an aromatic ring is 1. The molecule has 1 aromatic heterocycles. The Bertz CT molecular complexity index is 1500. The van der Waals surface area contributed by atoms with Crippen LogP contribution in [0.1, 0.15) is 11.3 Å². The molecule has 2 atom stereocenters. The maximum absolute atomic E-state index is 13.1. The number of methoxy groups -OCH3 is 1. The molecule has 0 radical (unpaired) electrons. The summed E-state index contributed by atoms with van der Waals surface area (Å²) in [5, 5.41) is 17.4. The molecule has 0 saturated carbocycles. The van der Waals surface area contributed by atoms with Gasteiger partial charge in [-0.2, -0.15) is 0 Å². The molecule has 39 heavy (non-hydrogen) atoms. The third-order valence-electron chi connectivity index (χ3n) is 5.62. The number of anilines is 2. The fourth-order valence-corrected chi connectivity index (χ4v) is 6.56. The quantitative estimate of drug-likeness (QED) is 0.168. The van der Waals surface area contributed by atoms with Crippen LogP contribution in [-0.2, 0) is 35.7 Å². The summed E-state index contributed by atoms with van der Waals surface area (Å²) in [6.45, 7) is 0. The van der Waals surface area contributed by atoms with E-state index in [9.17, 15) is 27.9 Å². The highest BCUT2D eigenvalue weighted by atomic mass is 32.2. The summed E-state index contributed by atoms with van der Waals surface area (Å²) in [7, 11) is -0.886. The lowest BCUT2D eigenvalue weighted by Gasteiger charge is -2.49. The molecule has 4 rings (SSSR count). The minimum Gasteiger partial charge on any atom is -0.497 e. The second-order valence-corrected chi connectivity index (χ2v) is 12.2. The molecular weight excluding hydrogens is 572 g/mol. The third kappa shape index (κ3) is 6.10. The van der Waals surface area contributed by atoms with E-state index < -0.39 is 39.2 Å². The second-order valence-electron chi connectivity index (χ2n) is 8.43. The van der Waals surface area contributed by atoms with E-state index in [-0.39, 0.29) is 40.1 Å². The van der Waals surface area contributed by atoms with Gasteiger partial charge >= 0.3 is 5.97 Å². The summed E-state index contributed by atoms with van der Waals surface area (Å²) >= 11 is 2.39. The van der Waals surface area contributed by atoms with Crippen LogP contribution in [0.25, 0.3) is 0 Å². The highest BCUT2D eigenvalue weighted by Crippen LogP contribution is 2.41. The zero-order valence-electron chi connectivity index (χ0n) is 20.8. The Labute approximate surface area is 231 Å². The Morgan fingerprint density at radius 2 is 2.05 bits per heavy atom. The number of thioether (sulfide) groups is 1. The Morgan fingerprint density at radius 3 is 2.64 bits per heavy atom. The summed E-state index contributed by atoms with van der Waals surface area (Å²) in [5.74, 6) is -2.01. The largest absolute Gasteiger partial charge is 0.497 e. The molecule has 2 aliphatic heterocycles. The normalized spacial score (nSPS) is 19.2. The Hall–Kier alpha value is -3.83. The Morgan fingerprint density at radius 1 is 1.31 bits per heavy atom. The number of hydrogen-bond donors (Lipinski definition) is 4. The topological polar surface area (TPSA) is 203 Å². The van der Waals surface area contributed by atoms with E-state index in [0.717, 1.165) is 22.5 Å². The van der Waals surface area contributed by atoms with E-state index in [0.29, 0.717) is 16.9 Å². The molecule has 3 heterocycles. The number of ether oxygens (including phenoxy) is 1. The van der Waals surface area contributed by atoms with Crippen LogP contribution in [0.15, 0.2) is 40.0 Å². The molecule has 1 fully saturated rings. The molecule has 208 valence electrons. The van der Waals surface area contributed by atoms with E-state index >= 15 is 0 Å². The molecule has 2 aromatic rings. The SMILES string of the molecule is CON=C(C(=O)N[C@@H]1C(=O)N2C(C(=O)O)=C(Cc3cc(NS(C)(=O)=O)cc(OC)c3)CS[C@H]12)c1csc(N)n1. The number of carboxylic acid groups (broad SMARTS) is 1. The van der Waals surface area contributed by atoms with Crippen LogP contribution in [-0.4, -0.2) is 84.5 Å². The van der Waals surface area contributed by atoms with E-state index in [2.05, 4.69) is 20.2 Å². The summed E-state index contributed by atoms with van der Waals surface area (Å²) in [6.07, 6.45) is 1.13. The van der Waals surface area contributed by atoms with Gasteiger partial charge in [0.05, 0.1) is 19.1 Å². The van der Waals surface area contributed by atoms with Gasteiger partial charge in [-0.3, -0.25) is 19.2 Å². The number of rotatable bonds is 10. The van der Waals surface area contributed by atoms with E-state index in [4.69, 9.17) is 15.3 Å². The molecule has 2 aliphatic rings. The number of carboxylic acids is 1. The van der Waals surface area contributed by atoms with Crippen molar-refractivity contribution in [2.45, 2.75) is 17.8 Å². The van der Waals surface area contributed by atoms with Crippen molar-refractivity contribution >= 4 is 67.4 Å². The maximum atomic E-state index is 13.1. The van der Waals surface area contributed by atoms with Crippen LogP contribution in [0.4, 0.5) is 10.8 Å². The predicted molar refractivity (Wildman–Crippen MR) is 145 cm³/mol. The number of fused-ring (bicyclic) bond motifs is 1. The van der Waals surface area contributed by atoms with Gasteiger partial charge in [-0.25, -0.2) is 18.2 Å². The summed E-state index contributed by atoms with van der Waals surface area (Å²) in [5.41, 5.74) is 6.73. The lowest BCUT2D eigenvalue weighted by Crippen LogP contribution is -2.71. The molecule has 14 nitrogen and oxygen atoms in total. The van der Waals surface area contributed by atoms with Crippen LogP contribution in [0.5, 0.6) is 5.75 Å². The lowest BCUT2D eigenvalue weighted by molar-refractivity contribution is -0.150. The first-order valence-electron chi connectivity index (χ1n) is 11.1. The summed E-state index contributed by atoms with van der Waals surface area (Å²) in [6, 6.07) is 3.71. The highest BCUT2D eigenvalue weighted by molar-refractivity contribution is 8.00. The number of nitrogens with one attached hydrogen (secondary N) is 2. The number of nitrogens with two attached hydrogens (primary N) is 1. The van der Waals surface area contributed by atoms with Crippen LogP contribution < -0.4 is 20.5 Å². The van der Waals surface area contributed by atoms with Crippen molar-refractivity contribution in [3.63, 3.8) is 0 Å². The van der Waals surface area contributed by atoms with E-state index in [1.54, 1.807) is 12.1 Å². The van der Waals surface area contributed by atoms with Crippen molar-refractivity contribution in [2.24, 2.45) is 5.16 Å². The average molecular weight is 597 g/mol. The van der Waals surface area contributed by atoms with Crippen LogP contribution in [0, 0.1) is 0 Å². The molecular formula is C22H24N6O8S3. The molecule has 0 aliphatic carbocycles. The van der Waals surface area contributed by atoms with Crippen LogP contribution in [0.3, 0.4) is 0 Å². The van der Waals surface area contributed by atoms with Crippen molar-refractivity contribution in [3.05, 3.63) is 46.1 Å². The summed E-state index contributed by atoms with van der Waals surface area (Å²) in [4.78, 5) is 48.1. The number of β-lactam (4-membered cyclic amide) rings is 1. The number of sulfonamides is 1. The first-order chi connectivity index (χ1) is 18.4. The number of carbonyl (C=O) groups excluding carboxylic acids is 2. The zero-order chi connectivity index (χ0) is 28.5. The number of oxime groups is 1. The van der Waals surface area contributed by atoms with Gasteiger partial charge in [-0.05, 0) is 29.7 Å². The molecule has 2 amide bonds. The van der Waals surface area contributed by atoms with Gasteiger partial charge in [-0.1, -0.05) is 5.16 Å². The predicted octanol–water partition coefficient (Wildman–Crippen LogP) is 0.437. The van der Waals surface area contributed by atoms with Crippen LogP contribution in [0.2, 0.25) is 0 Å². The zero-order valence-corrected chi connectivity index (χ0v) is 23.3. The van der Waals surface area contributed by atoms with Crippen molar-refractivity contribution < 1.29 is 37.5 Å². The lowest BCUT2D eigenvalue weighted by atomic mass is 9.98. The van der Waals surface area contributed by atoms with Crippen molar-refractivity contribution in [2.75, 3.05) is 36.7 Å². The average Bonchev–Trinajstić information content (AvgIpc) is 3.29. The maximum Gasteiger partial charge on any atom is 0.352 e. The monoisotopic (exact) mass is 596 g/mol. The molecule has 17 heteroatoms. The number of amides is 2. The minimum atomic E-state index is -3.56. The van der Waals surface area contributed by atoms with Crippen molar-refractivity contribution in [1.82, 2.24) is 15.2 Å². The fraction of sp³-hybridized carbons (Fsp3) is 0.318. The Balaban J connectivity index is 1.56. The highest BCUT2D eigenvalue weighted by Gasteiger charge is 2.54. The second kappa shape index (κ2) is 11.1. The number of nitrogens with zero attached hydrogens (tertiary/aromatic N) is 3. The molecule has 5 N–H and O–H groups in total. The van der Waals surface area contributed by atoms with Gasteiger partial charge in [0.1, 0.15) is 35.7 Å². The van der Waals surface area contributed by atoms with Gasteiger partial charge in [-0.15, -0.1) is 23.1 Å². The van der Waals surface area contributed by atoms with E-state index in [1.807, 2.05) is 0 Å². The van der Waals surface area contributed by atoms with Gasteiger partial charge in [0.25, 0.3) is 11.8 Å². The van der Waals surface area contributed by atoms with Crippen LogP contribution >= 0.6 is 23.1 Å². The Kier molecular flexibility index (Phi) is 8.03. The smallest absolute Gasteiger partial charge is 0.352 e. The number of thiazole rings is 1. The van der Waals surface area contributed by atoms with E-state index in [1.165, 1.54) is 37.4 Å². The number of carbonyl (C=O) groups is 3. The fourth-order valence-electron chi connectivity index (χ4n) is 4.12. The summed E-state index contributed by atoms with van der Waals surface area (Å²) < 4.78 is 31.0. The first kappa shape index (κ1) is 28.2. The first-order valence-corrected chi connectivity index (χ1v) is 14.9. The third-order valence-corrected chi connectivity index (χ3v) is 8.24. The molecule has 0 unspecified atom stereocenters.